The van der Waals surface area contributed by atoms with Crippen LogP contribution in [0.2, 0.25) is 0 Å². The van der Waals surface area contributed by atoms with Crippen molar-refractivity contribution in [1.82, 2.24) is 9.88 Å². The number of hydrogen-bond acceptors (Lipinski definition) is 7. The Morgan fingerprint density at radius 3 is 2.31 bits per heavy atom. The molecule has 190 valence electrons. The summed E-state index contributed by atoms with van der Waals surface area (Å²) in [6.45, 7) is 11.1. The van der Waals surface area contributed by atoms with Gasteiger partial charge >= 0.3 is 5.97 Å². The zero-order valence-electron chi connectivity index (χ0n) is 21.4. The Balaban J connectivity index is 1.30. The maximum absolute atomic E-state index is 12.5. The molecule has 2 aromatic carbocycles. The summed E-state index contributed by atoms with van der Waals surface area (Å²) in [5.74, 6) is 2.06. The van der Waals surface area contributed by atoms with E-state index in [0.717, 1.165) is 49.8 Å². The molecule has 36 heavy (non-hydrogen) atoms. The monoisotopic (exact) mass is 489 g/mol. The first-order valence-corrected chi connectivity index (χ1v) is 12.6. The average molecular weight is 490 g/mol. The van der Waals surface area contributed by atoms with Crippen LogP contribution in [0.15, 0.2) is 66.9 Å². The molecule has 0 saturated carbocycles. The van der Waals surface area contributed by atoms with Crippen LogP contribution in [0.3, 0.4) is 0 Å². The molecule has 0 spiro atoms. The lowest BCUT2D eigenvalue weighted by Crippen LogP contribution is -2.46. The highest BCUT2D eigenvalue weighted by Crippen LogP contribution is 2.22. The van der Waals surface area contributed by atoms with E-state index in [9.17, 15) is 4.79 Å². The molecule has 0 N–H and O–H groups in total. The van der Waals surface area contributed by atoms with Gasteiger partial charge in [-0.2, -0.15) is 0 Å². The highest BCUT2D eigenvalue weighted by Gasteiger charge is 2.23. The minimum atomic E-state index is -0.320. The molecule has 7 nitrogen and oxygen atoms in total. The Morgan fingerprint density at radius 1 is 0.917 bits per heavy atom. The van der Waals surface area contributed by atoms with Crippen molar-refractivity contribution >= 4 is 11.8 Å². The van der Waals surface area contributed by atoms with Gasteiger partial charge in [0, 0.05) is 38.9 Å². The lowest BCUT2D eigenvalue weighted by atomic mass is 10.1. The molecule has 1 aromatic heterocycles. The van der Waals surface area contributed by atoms with Crippen LogP contribution in [-0.2, 0) is 17.9 Å². The van der Waals surface area contributed by atoms with E-state index in [4.69, 9.17) is 14.2 Å². The first kappa shape index (κ1) is 25.5. The number of ether oxygens (including phenoxy) is 3. The minimum absolute atomic E-state index is 0.162. The summed E-state index contributed by atoms with van der Waals surface area (Å²) in [6.07, 6.45) is 1.57. The SMILES string of the molecule is CCOc1ccc(OCc2cccc(CN3CCN(c4ncccc4C(=O)OC(C)C)CC3)c2)cc1. The number of rotatable bonds is 10. The minimum Gasteiger partial charge on any atom is -0.494 e. The molecule has 1 saturated heterocycles. The lowest BCUT2D eigenvalue weighted by Gasteiger charge is -2.36. The van der Waals surface area contributed by atoms with Gasteiger partial charge < -0.3 is 19.1 Å². The number of hydrogen-bond donors (Lipinski definition) is 0. The Hall–Kier alpha value is -3.58. The van der Waals surface area contributed by atoms with Crippen LogP contribution in [0.25, 0.3) is 0 Å². The number of carbonyl (C=O) groups is 1. The second kappa shape index (κ2) is 12.4. The van der Waals surface area contributed by atoms with E-state index < -0.39 is 0 Å². The summed E-state index contributed by atoms with van der Waals surface area (Å²) in [6, 6.07) is 19.8. The molecule has 3 aromatic rings. The maximum Gasteiger partial charge on any atom is 0.342 e. The fourth-order valence-corrected chi connectivity index (χ4v) is 4.25. The van der Waals surface area contributed by atoms with Gasteiger partial charge in [-0.3, -0.25) is 4.90 Å². The number of carbonyl (C=O) groups excluding carboxylic acids is 1. The van der Waals surface area contributed by atoms with Crippen molar-refractivity contribution in [2.24, 2.45) is 0 Å². The van der Waals surface area contributed by atoms with Crippen molar-refractivity contribution in [1.29, 1.82) is 0 Å². The van der Waals surface area contributed by atoms with E-state index in [2.05, 4.69) is 39.0 Å². The third-order valence-corrected chi connectivity index (χ3v) is 5.96. The zero-order chi connectivity index (χ0) is 25.3. The standard InChI is InChI=1S/C29H35N3O4/c1-4-34-25-10-12-26(13-11-25)35-21-24-8-5-7-23(19-24)20-31-15-17-32(18-16-31)28-27(9-6-14-30-28)29(33)36-22(2)3/h5-14,19,22H,4,15-18,20-21H2,1-3H3. The number of aromatic nitrogens is 1. The average Bonchev–Trinajstić information content (AvgIpc) is 2.89. The topological polar surface area (TPSA) is 64.1 Å². The van der Waals surface area contributed by atoms with Crippen LogP contribution in [-0.4, -0.2) is 54.7 Å². The zero-order valence-corrected chi connectivity index (χ0v) is 21.4. The van der Waals surface area contributed by atoms with E-state index in [1.807, 2.05) is 45.0 Å². The molecule has 0 radical (unpaired) electrons. The van der Waals surface area contributed by atoms with Crippen molar-refractivity contribution in [3.05, 3.63) is 83.6 Å². The molecule has 0 bridgehead atoms. The number of pyridine rings is 1. The van der Waals surface area contributed by atoms with E-state index in [-0.39, 0.29) is 12.1 Å². The predicted octanol–water partition coefficient (Wildman–Crippen LogP) is 4.95. The number of piperazine rings is 1. The second-order valence-corrected chi connectivity index (χ2v) is 9.10. The first-order chi connectivity index (χ1) is 17.5. The largest absolute Gasteiger partial charge is 0.494 e. The van der Waals surface area contributed by atoms with Gasteiger partial charge in [0.25, 0.3) is 0 Å². The molecule has 0 amide bonds. The van der Waals surface area contributed by atoms with Crippen molar-refractivity contribution in [2.75, 3.05) is 37.7 Å². The third-order valence-electron chi connectivity index (χ3n) is 5.96. The summed E-state index contributed by atoms with van der Waals surface area (Å²) in [7, 11) is 0. The van der Waals surface area contributed by atoms with E-state index >= 15 is 0 Å². The first-order valence-electron chi connectivity index (χ1n) is 12.6. The normalized spacial score (nSPS) is 14.1. The van der Waals surface area contributed by atoms with Crippen LogP contribution < -0.4 is 14.4 Å². The van der Waals surface area contributed by atoms with Gasteiger partial charge in [0.15, 0.2) is 0 Å². The smallest absolute Gasteiger partial charge is 0.342 e. The quantitative estimate of drug-likeness (QED) is 0.374. The van der Waals surface area contributed by atoms with E-state index in [0.29, 0.717) is 24.6 Å². The number of esters is 1. The molecular formula is C29H35N3O4. The number of nitrogens with zero attached hydrogens (tertiary/aromatic N) is 3. The molecule has 7 heteroatoms. The predicted molar refractivity (Wildman–Crippen MR) is 141 cm³/mol. The molecule has 1 aliphatic heterocycles. The number of benzene rings is 2. The molecule has 0 atom stereocenters. The van der Waals surface area contributed by atoms with Gasteiger partial charge in [0.05, 0.1) is 12.7 Å². The van der Waals surface area contributed by atoms with Crippen molar-refractivity contribution in [3.8, 4) is 11.5 Å². The van der Waals surface area contributed by atoms with Gasteiger partial charge in [-0.05, 0) is 68.3 Å². The molecular weight excluding hydrogens is 454 g/mol. The summed E-state index contributed by atoms with van der Waals surface area (Å²) in [4.78, 5) is 21.6. The van der Waals surface area contributed by atoms with Crippen LogP contribution in [0, 0.1) is 0 Å². The fraction of sp³-hybridized carbons (Fsp3) is 0.379. The van der Waals surface area contributed by atoms with E-state index in [1.54, 1.807) is 18.3 Å². The summed E-state index contributed by atoms with van der Waals surface area (Å²) < 4.78 is 16.9. The van der Waals surface area contributed by atoms with Crippen LogP contribution in [0.1, 0.15) is 42.3 Å². The Morgan fingerprint density at radius 2 is 1.61 bits per heavy atom. The highest BCUT2D eigenvalue weighted by molar-refractivity contribution is 5.94. The molecule has 4 rings (SSSR count). The van der Waals surface area contributed by atoms with E-state index in [1.165, 1.54) is 5.56 Å². The molecule has 1 aliphatic rings. The molecule has 0 unspecified atom stereocenters. The molecule has 0 aliphatic carbocycles. The van der Waals surface area contributed by atoms with Crippen molar-refractivity contribution < 1.29 is 19.0 Å². The highest BCUT2D eigenvalue weighted by atomic mass is 16.5. The summed E-state index contributed by atoms with van der Waals surface area (Å²) in [5, 5.41) is 0. The van der Waals surface area contributed by atoms with Crippen LogP contribution in [0.5, 0.6) is 11.5 Å². The fourth-order valence-electron chi connectivity index (χ4n) is 4.25. The Bertz CT molecular complexity index is 1130. The second-order valence-electron chi connectivity index (χ2n) is 9.10. The van der Waals surface area contributed by atoms with Crippen molar-refractivity contribution in [2.45, 2.75) is 40.0 Å². The van der Waals surface area contributed by atoms with Gasteiger partial charge in [0.1, 0.15) is 29.5 Å². The lowest BCUT2D eigenvalue weighted by molar-refractivity contribution is 0.0378. The van der Waals surface area contributed by atoms with Crippen LogP contribution >= 0.6 is 0 Å². The Kier molecular flexibility index (Phi) is 8.79. The third kappa shape index (κ3) is 6.98. The van der Waals surface area contributed by atoms with Gasteiger partial charge in [0.2, 0.25) is 0 Å². The number of anilines is 1. The van der Waals surface area contributed by atoms with Crippen molar-refractivity contribution in [3.63, 3.8) is 0 Å². The van der Waals surface area contributed by atoms with Gasteiger partial charge in [-0.1, -0.05) is 24.3 Å². The summed E-state index contributed by atoms with van der Waals surface area (Å²) in [5.41, 5.74) is 2.93. The molecule has 1 fully saturated rings. The van der Waals surface area contributed by atoms with Gasteiger partial charge in [-0.25, -0.2) is 9.78 Å². The Labute approximate surface area is 213 Å². The molecule has 2 heterocycles. The summed E-state index contributed by atoms with van der Waals surface area (Å²) >= 11 is 0. The maximum atomic E-state index is 12.5. The van der Waals surface area contributed by atoms with Gasteiger partial charge in [-0.15, -0.1) is 0 Å². The van der Waals surface area contributed by atoms with Crippen LogP contribution in [0.4, 0.5) is 5.82 Å².